The van der Waals surface area contributed by atoms with Crippen LogP contribution in [0.5, 0.6) is 5.88 Å². The quantitative estimate of drug-likeness (QED) is 0.397. The summed E-state index contributed by atoms with van der Waals surface area (Å²) in [7, 11) is -4.45. The SMILES string of the molecule is O=P(O)(O)Oc1ccccn1.[H-].[Li+]. The fourth-order valence-corrected chi connectivity index (χ4v) is 0.875. The zero-order valence-electron chi connectivity index (χ0n) is 7.41. The van der Waals surface area contributed by atoms with Crippen molar-refractivity contribution in [2.75, 3.05) is 0 Å². The van der Waals surface area contributed by atoms with Crippen LogP contribution in [0.3, 0.4) is 0 Å². The molecular formula is C5H7LiNO4P. The first kappa shape index (κ1) is 11.7. The first-order valence-corrected chi connectivity index (χ1v) is 4.27. The number of aromatic nitrogens is 1. The predicted octanol–water partition coefficient (Wildman–Crippen LogP) is -2.33. The molecule has 0 saturated heterocycles. The van der Waals surface area contributed by atoms with Crippen LogP contribution in [0.2, 0.25) is 0 Å². The van der Waals surface area contributed by atoms with Gasteiger partial charge in [-0.2, -0.15) is 0 Å². The Hall–Kier alpha value is -0.303. The first-order valence-electron chi connectivity index (χ1n) is 2.74. The molecule has 0 bridgehead atoms. The molecule has 0 aliphatic heterocycles. The van der Waals surface area contributed by atoms with E-state index in [0.717, 1.165) is 0 Å². The van der Waals surface area contributed by atoms with Crippen LogP contribution in [-0.4, -0.2) is 14.8 Å². The Balaban J connectivity index is 0. The summed E-state index contributed by atoms with van der Waals surface area (Å²) in [6, 6.07) is 4.55. The molecule has 0 aromatic carbocycles. The van der Waals surface area contributed by atoms with E-state index in [1.807, 2.05) is 0 Å². The third kappa shape index (κ3) is 4.55. The van der Waals surface area contributed by atoms with Gasteiger partial charge in [0.1, 0.15) is 0 Å². The van der Waals surface area contributed by atoms with Gasteiger partial charge in [-0.05, 0) is 6.07 Å². The third-order valence-corrected chi connectivity index (χ3v) is 1.28. The monoisotopic (exact) mass is 183 g/mol. The maximum atomic E-state index is 10.2. The van der Waals surface area contributed by atoms with Gasteiger partial charge in [-0.25, -0.2) is 9.55 Å². The summed E-state index contributed by atoms with van der Waals surface area (Å²) in [5.41, 5.74) is 0. The summed E-state index contributed by atoms with van der Waals surface area (Å²) >= 11 is 0. The van der Waals surface area contributed by atoms with Crippen molar-refractivity contribution in [3.8, 4) is 5.88 Å². The molecule has 0 aliphatic rings. The number of phosphoric acid groups is 1. The summed E-state index contributed by atoms with van der Waals surface area (Å²) < 4.78 is 14.4. The molecule has 0 fully saturated rings. The average Bonchev–Trinajstić information content (AvgIpc) is 1.85. The van der Waals surface area contributed by atoms with Crippen LogP contribution >= 0.6 is 7.82 Å². The fraction of sp³-hybridized carbons (Fsp3) is 0. The molecule has 7 heteroatoms. The predicted molar refractivity (Wildman–Crippen MR) is 38.0 cm³/mol. The molecule has 12 heavy (non-hydrogen) atoms. The van der Waals surface area contributed by atoms with Crippen molar-refractivity contribution in [3.05, 3.63) is 24.4 Å². The van der Waals surface area contributed by atoms with E-state index in [4.69, 9.17) is 9.79 Å². The Morgan fingerprint density at radius 1 is 1.50 bits per heavy atom. The van der Waals surface area contributed by atoms with E-state index >= 15 is 0 Å². The number of pyridine rings is 1. The number of nitrogens with zero attached hydrogens (tertiary/aromatic N) is 1. The molecular weight excluding hydrogens is 176 g/mol. The van der Waals surface area contributed by atoms with Gasteiger partial charge in [-0.15, -0.1) is 0 Å². The van der Waals surface area contributed by atoms with Gasteiger partial charge in [-0.3, -0.25) is 9.79 Å². The van der Waals surface area contributed by atoms with E-state index in [2.05, 4.69) is 9.51 Å². The molecule has 2 N–H and O–H groups in total. The maximum Gasteiger partial charge on any atom is 1.00 e. The zero-order valence-corrected chi connectivity index (χ0v) is 7.31. The van der Waals surface area contributed by atoms with E-state index in [1.54, 1.807) is 12.1 Å². The van der Waals surface area contributed by atoms with E-state index in [9.17, 15) is 4.57 Å². The number of hydrogen-bond donors (Lipinski definition) is 2. The van der Waals surface area contributed by atoms with E-state index in [0.29, 0.717) is 0 Å². The Kier molecular flexibility index (Phi) is 4.54. The second kappa shape index (κ2) is 4.66. The average molecular weight is 183 g/mol. The van der Waals surface area contributed by atoms with E-state index in [-0.39, 0.29) is 26.2 Å². The van der Waals surface area contributed by atoms with Crippen molar-refractivity contribution in [2.24, 2.45) is 0 Å². The van der Waals surface area contributed by atoms with Crippen LogP contribution in [0.4, 0.5) is 0 Å². The van der Waals surface area contributed by atoms with Crippen LogP contribution in [0, 0.1) is 0 Å². The van der Waals surface area contributed by atoms with Crippen LogP contribution in [0.1, 0.15) is 1.43 Å². The van der Waals surface area contributed by atoms with Crippen LogP contribution in [0.15, 0.2) is 24.4 Å². The van der Waals surface area contributed by atoms with Crippen LogP contribution < -0.4 is 23.4 Å². The molecule has 1 rings (SSSR count). The van der Waals surface area contributed by atoms with Gasteiger partial charge in [0.15, 0.2) is 0 Å². The summed E-state index contributed by atoms with van der Waals surface area (Å²) in [5.74, 6) is -0.0826. The van der Waals surface area contributed by atoms with Crippen molar-refractivity contribution < 1.29 is 39.2 Å². The molecule has 0 unspecified atom stereocenters. The molecule has 62 valence electrons. The topological polar surface area (TPSA) is 79.7 Å². The second-order valence-electron chi connectivity index (χ2n) is 1.75. The number of rotatable bonds is 2. The molecule has 1 heterocycles. The standard InChI is InChI=1S/C5H6NO4P.Li.H/c7-11(8,9)10-5-3-1-2-4-6-5;;/h1-4H,(H2,7,8,9);;/q;+1;-1. The molecule has 0 aliphatic carbocycles. The fourth-order valence-electron chi connectivity index (χ4n) is 0.523. The summed E-state index contributed by atoms with van der Waals surface area (Å²) in [4.78, 5) is 20.2. The third-order valence-electron chi connectivity index (χ3n) is 0.850. The van der Waals surface area contributed by atoms with Gasteiger partial charge >= 0.3 is 26.7 Å². The van der Waals surface area contributed by atoms with Gasteiger partial charge in [-0.1, -0.05) is 6.07 Å². The Morgan fingerprint density at radius 3 is 2.58 bits per heavy atom. The molecule has 0 spiro atoms. The first-order chi connectivity index (χ1) is 5.08. The minimum absolute atomic E-state index is 0. The zero-order chi connectivity index (χ0) is 8.32. The molecule has 0 saturated carbocycles. The van der Waals surface area contributed by atoms with E-state index in [1.165, 1.54) is 12.3 Å². The van der Waals surface area contributed by atoms with Crippen molar-refractivity contribution in [1.29, 1.82) is 0 Å². The van der Waals surface area contributed by atoms with Gasteiger partial charge in [0.25, 0.3) is 0 Å². The molecule has 0 amide bonds. The Morgan fingerprint density at radius 2 is 2.17 bits per heavy atom. The number of hydrogen-bond acceptors (Lipinski definition) is 3. The molecule has 1 aromatic rings. The number of phosphoric ester groups is 1. The van der Waals surface area contributed by atoms with Crippen LogP contribution in [-0.2, 0) is 4.57 Å². The van der Waals surface area contributed by atoms with Gasteiger partial charge in [0.05, 0.1) is 0 Å². The summed E-state index contributed by atoms with van der Waals surface area (Å²) in [6.07, 6.45) is 1.38. The normalized spacial score (nSPS) is 10.2. The van der Waals surface area contributed by atoms with Crippen molar-refractivity contribution in [1.82, 2.24) is 4.98 Å². The molecule has 0 atom stereocenters. The minimum Gasteiger partial charge on any atom is -1.00 e. The van der Waals surface area contributed by atoms with Crippen molar-refractivity contribution in [2.45, 2.75) is 0 Å². The smallest absolute Gasteiger partial charge is 1.00 e. The molecule has 1 aromatic heterocycles. The van der Waals surface area contributed by atoms with Gasteiger partial charge in [0.2, 0.25) is 5.88 Å². The summed E-state index contributed by atoms with van der Waals surface area (Å²) in [6.45, 7) is 0. The maximum absolute atomic E-state index is 10.2. The van der Waals surface area contributed by atoms with Crippen LogP contribution in [0.25, 0.3) is 0 Å². The largest absolute Gasteiger partial charge is 1.00 e. The Bertz CT molecular complexity index is 279. The Labute approximate surface area is 82.7 Å². The molecule has 5 nitrogen and oxygen atoms in total. The van der Waals surface area contributed by atoms with E-state index < -0.39 is 7.82 Å². The molecule has 0 radical (unpaired) electrons. The van der Waals surface area contributed by atoms with Crippen molar-refractivity contribution in [3.63, 3.8) is 0 Å². The minimum atomic E-state index is -4.45. The summed E-state index contributed by atoms with van der Waals surface area (Å²) in [5, 5.41) is 0. The second-order valence-corrected chi connectivity index (χ2v) is 2.91. The van der Waals surface area contributed by atoms with Gasteiger partial charge < -0.3 is 5.95 Å². The van der Waals surface area contributed by atoms with Crippen molar-refractivity contribution >= 4 is 7.82 Å². The van der Waals surface area contributed by atoms with Gasteiger partial charge in [0, 0.05) is 12.3 Å².